The minimum atomic E-state index is 0.516. The Labute approximate surface area is 132 Å². The zero-order chi connectivity index (χ0) is 14.4. The molecule has 112 valence electrons. The molecular weight excluding hydrogens is 310 g/mol. The van der Waals surface area contributed by atoms with E-state index in [0.717, 1.165) is 12.5 Å². The maximum Gasteiger partial charge on any atom is 0.0359 e. The van der Waals surface area contributed by atoms with Crippen molar-refractivity contribution in [2.45, 2.75) is 64.8 Å². The van der Waals surface area contributed by atoms with Crippen LogP contribution in [0.2, 0.25) is 0 Å². The standard InChI is InChI=1S/C18H28BrN/c1-3-13-20-18(15-10-6-4-5-7-11-15)16-12-8-9-14(2)17(16)19/h8-9,12,15,18,20H,3-7,10-11,13H2,1-2H3. The third-order valence-electron chi connectivity index (χ3n) is 4.54. The Kier molecular flexibility index (Phi) is 6.57. The summed E-state index contributed by atoms with van der Waals surface area (Å²) in [7, 11) is 0. The summed E-state index contributed by atoms with van der Waals surface area (Å²) in [6, 6.07) is 7.21. The van der Waals surface area contributed by atoms with Gasteiger partial charge in [0.25, 0.3) is 0 Å². The molecule has 0 spiro atoms. The third-order valence-corrected chi connectivity index (χ3v) is 5.63. The molecule has 0 bridgehead atoms. The van der Waals surface area contributed by atoms with Crippen LogP contribution >= 0.6 is 15.9 Å². The van der Waals surface area contributed by atoms with Gasteiger partial charge in [0.05, 0.1) is 0 Å². The van der Waals surface area contributed by atoms with Gasteiger partial charge in [0, 0.05) is 10.5 Å². The molecule has 1 aromatic rings. The first-order valence-electron chi connectivity index (χ1n) is 8.22. The van der Waals surface area contributed by atoms with Crippen LogP contribution in [-0.2, 0) is 0 Å². The van der Waals surface area contributed by atoms with Crippen LogP contribution in [0.5, 0.6) is 0 Å². The molecule has 1 aliphatic rings. The number of hydrogen-bond acceptors (Lipinski definition) is 1. The van der Waals surface area contributed by atoms with Gasteiger partial charge in [-0.1, -0.05) is 66.7 Å². The Morgan fingerprint density at radius 3 is 2.55 bits per heavy atom. The average Bonchev–Trinajstić information content (AvgIpc) is 2.73. The Bertz CT molecular complexity index is 408. The van der Waals surface area contributed by atoms with E-state index in [0.29, 0.717) is 6.04 Å². The molecule has 2 heteroatoms. The first-order valence-corrected chi connectivity index (χ1v) is 9.01. The lowest BCUT2D eigenvalue weighted by molar-refractivity contribution is 0.325. The second kappa shape index (κ2) is 8.19. The summed E-state index contributed by atoms with van der Waals surface area (Å²) < 4.78 is 1.30. The van der Waals surface area contributed by atoms with Crippen molar-refractivity contribution in [2.75, 3.05) is 6.54 Å². The van der Waals surface area contributed by atoms with Crippen molar-refractivity contribution in [3.63, 3.8) is 0 Å². The highest BCUT2D eigenvalue weighted by molar-refractivity contribution is 9.10. The lowest BCUT2D eigenvalue weighted by Gasteiger charge is -2.29. The number of aryl methyl sites for hydroxylation is 1. The Balaban J connectivity index is 2.23. The first-order chi connectivity index (χ1) is 9.74. The molecule has 1 aromatic carbocycles. The minimum Gasteiger partial charge on any atom is -0.310 e. The lowest BCUT2D eigenvalue weighted by atomic mass is 9.86. The second-order valence-electron chi connectivity index (χ2n) is 6.16. The van der Waals surface area contributed by atoms with Crippen molar-refractivity contribution < 1.29 is 0 Å². The van der Waals surface area contributed by atoms with Crippen molar-refractivity contribution >= 4 is 15.9 Å². The smallest absolute Gasteiger partial charge is 0.0359 e. The molecule has 2 rings (SSSR count). The van der Waals surface area contributed by atoms with Crippen LogP contribution in [0.15, 0.2) is 22.7 Å². The topological polar surface area (TPSA) is 12.0 Å². The van der Waals surface area contributed by atoms with E-state index < -0.39 is 0 Å². The van der Waals surface area contributed by atoms with E-state index >= 15 is 0 Å². The first kappa shape index (κ1) is 16.0. The maximum atomic E-state index is 3.82. The number of benzene rings is 1. The predicted octanol–water partition coefficient (Wildman–Crippen LogP) is 5.77. The molecule has 0 aliphatic heterocycles. The molecule has 20 heavy (non-hydrogen) atoms. The van der Waals surface area contributed by atoms with E-state index in [4.69, 9.17) is 0 Å². The van der Waals surface area contributed by atoms with Crippen LogP contribution in [0.3, 0.4) is 0 Å². The van der Waals surface area contributed by atoms with Gasteiger partial charge in [-0.05, 0) is 49.8 Å². The summed E-state index contributed by atoms with van der Waals surface area (Å²) in [5, 5.41) is 3.82. The molecule has 1 aliphatic carbocycles. The molecule has 1 fully saturated rings. The van der Waals surface area contributed by atoms with Gasteiger partial charge < -0.3 is 5.32 Å². The van der Waals surface area contributed by atoms with Crippen LogP contribution in [0.25, 0.3) is 0 Å². The van der Waals surface area contributed by atoms with Crippen molar-refractivity contribution in [3.8, 4) is 0 Å². The largest absolute Gasteiger partial charge is 0.310 e. The lowest BCUT2D eigenvalue weighted by Crippen LogP contribution is -2.29. The fraction of sp³-hybridized carbons (Fsp3) is 0.667. The van der Waals surface area contributed by atoms with Crippen LogP contribution in [-0.4, -0.2) is 6.54 Å². The van der Waals surface area contributed by atoms with Crippen molar-refractivity contribution in [1.82, 2.24) is 5.32 Å². The highest BCUT2D eigenvalue weighted by Gasteiger charge is 2.25. The molecule has 1 atom stereocenters. The predicted molar refractivity (Wildman–Crippen MR) is 91.1 cm³/mol. The molecule has 1 unspecified atom stereocenters. The molecule has 0 saturated heterocycles. The zero-order valence-electron chi connectivity index (χ0n) is 12.9. The summed E-state index contributed by atoms with van der Waals surface area (Å²) in [6.45, 7) is 5.56. The molecule has 1 N–H and O–H groups in total. The minimum absolute atomic E-state index is 0.516. The van der Waals surface area contributed by atoms with Gasteiger partial charge in [-0.25, -0.2) is 0 Å². The summed E-state index contributed by atoms with van der Waals surface area (Å²) in [5.41, 5.74) is 2.81. The summed E-state index contributed by atoms with van der Waals surface area (Å²) >= 11 is 3.82. The monoisotopic (exact) mass is 337 g/mol. The van der Waals surface area contributed by atoms with Gasteiger partial charge in [0.15, 0.2) is 0 Å². The molecule has 0 radical (unpaired) electrons. The maximum absolute atomic E-state index is 3.82. The van der Waals surface area contributed by atoms with E-state index in [-0.39, 0.29) is 0 Å². The molecule has 1 nitrogen and oxygen atoms in total. The van der Waals surface area contributed by atoms with Gasteiger partial charge in [-0.15, -0.1) is 0 Å². The van der Waals surface area contributed by atoms with Gasteiger partial charge in [0.2, 0.25) is 0 Å². The summed E-state index contributed by atoms with van der Waals surface area (Å²) in [4.78, 5) is 0. The quantitative estimate of drug-likeness (QED) is 0.672. The number of nitrogens with one attached hydrogen (secondary N) is 1. The van der Waals surface area contributed by atoms with Gasteiger partial charge in [-0.3, -0.25) is 0 Å². The van der Waals surface area contributed by atoms with Gasteiger partial charge >= 0.3 is 0 Å². The highest BCUT2D eigenvalue weighted by atomic mass is 79.9. The number of rotatable bonds is 5. The highest BCUT2D eigenvalue weighted by Crippen LogP contribution is 2.37. The van der Waals surface area contributed by atoms with Gasteiger partial charge in [-0.2, -0.15) is 0 Å². The Morgan fingerprint density at radius 1 is 1.20 bits per heavy atom. The van der Waals surface area contributed by atoms with E-state index in [1.54, 1.807) is 0 Å². The number of halogens is 1. The fourth-order valence-electron chi connectivity index (χ4n) is 3.38. The molecule has 1 saturated carbocycles. The Hall–Kier alpha value is -0.340. The van der Waals surface area contributed by atoms with E-state index in [2.05, 4.69) is 53.3 Å². The molecule has 0 aromatic heterocycles. The van der Waals surface area contributed by atoms with Crippen LogP contribution in [0, 0.1) is 12.8 Å². The third kappa shape index (κ3) is 4.08. The van der Waals surface area contributed by atoms with Gasteiger partial charge in [0.1, 0.15) is 0 Å². The summed E-state index contributed by atoms with van der Waals surface area (Å²) in [5.74, 6) is 0.794. The van der Waals surface area contributed by atoms with E-state index in [9.17, 15) is 0 Å². The van der Waals surface area contributed by atoms with Crippen LogP contribution < -0.4 is 5.32 Å². The van der Waals surface area contributed by atoms with Crippen LogP contribution in [0.4, 0.5) is 0 Å². The SMILES string of the molecule is CCCNC(c1cccc(C)c1Br)C1CCCCCC1. The fourth-order valence-corrected chi connectivity index (χ4v) is 3.90. The zero-order valence-corrected chi connectivity index (χ0v) is 14.5. The van der Waals surface area contributed by atoms with Crippen LogP contribution in [0.1, 0.15) is 69.0 Å². The average molecular weight is 338 g/mol. The van der Waals surface area contributed by atoms with E-state index in [1.807, 2.05) is 0 Å². The normalized spacial score (nSPS) is 18.8. The molecule has 0 amide bonds. The Morgan fingerprint density at radius 2 is 1.90 bits per heavy atom. The van der Waals surface area contributed by atoms with Crippen molar-refractivity contribution in [2.24, 2.45) is 5.92 Å². The second-order valence-corrected chi connectivity index (χ2v) is 6.95. The number of hydrogen-bond donors (Lipinski definition) is 1. The molecule has 0 heterocycles. The van der Waals surface area contributed by atoms with Crippen molar-refractivity contribution in [3.05, 3.63) is 33.8 Å². The van der Waals surface area contributed by atoms with Crippen molar-refractivity contribution in [1.29, 1.82) is 0 Å². The summed E-state index contributed by atoms with van der Waals surface area (Å²) in [6.07, 6.45) is 9.60. The molecular formula is C18H28BrN. The van der Waals surface area contributed by atoms with E-state index in [1.165, 1.54) is 60.5 Å².